The van der Waals surface area contributed by atoms with Crippen molar-refractivity contribution in [1.82, 2.24) is 0 Å². The molecule has 0 atom stereocenters. The second-order valence-corrected chi connectivity index (χ2v) is 6.44. The molecule has 4 heteroatoms. The first-order chi connectivity index (χ1) is 13.2. The Bertz CT molecular complexity index is 982. The molecule has 3 aromatic rings. The molecule has 4 rings (SSSR count). The van der Waals surface area contributed by atoms with Crippen molar-refractivity contribution in [3.63, 3.8) is 0 Å². The minimum absolute atomic E-state index is 0.159. The SMILES string of the molecule is Nc1ccc2c(c1)N(CCc1ccccc1)C(=O)/C(=C\c1ccccc1)O2. The van der Waals surface area contributed by atoms with Crippen LogP contribution in [0.25, 0.3) is 6.08 Å². The minimum atomic E-state index is -0.159. The number of hydrogen-bond donors (Lipinski definition) is 1. The maximum absolute atomic E-state index is 13.1. The highest BCUT2D eigenvalue weighted by Crippen LogP contribution is 2.37. The van der Waals surface area contributed by atoms with Gasteiger partial charge < -0.3 is 15.4 Å². The Morgan fingerprint density at radius 3 is 2.37 bits per heavy atom. The van der Waals surface area contributed by atoms with Crippen LogP contribution in [0.3, 0.4) is 0 Å². The number of rotatable bonds is 4. The first kappa shape index (κ1) is 16.9. The van der Waals surface area contributed by atoms with Crippen molar-refractivity contribution in [3.8, 4) is 5.75 Å². The van der Waals surface area contributed by atoms with Crippen LogP contribution in [0.4, 0.5) is 11.4 Å². The van der Waals surface area contributed by atoms with Gasteiger partial charge in [-0.15, -0.1) is 0 Å². The van der Waals surface area contributed by atoms with Crippen LogP contribution in [0.15, 0.2) is 84.6 Å². The highest BCUT2D eigenvalue weighted by Gasteiger charge is 2.30. The van der Waals surface area contributed by atoms with Gasteiger partial charge in [0.25, 0.3) is 5.91 Å². The normalized spacial score (nSPS) is 14.7. The molecule has 134 valence electrons. The summed E-state index contributed by atoms with van der Waals surface area (Å²) in [6.07, 6.45) is 2.52. The summed E-state index contributed by atoms with van der Waals surface area (Å²) in [6, 6.07) is 25.2. The van der Waals surface area contributed by atoms with Gasteiger partial charge in [-0.05, 0) is 41.8 Å². The molecule has 0 aromatic heterocycles. The molecular formula is C23H20N2O2. The van der Waals surface area contributed by atoms with Gasteiger partial charge in [0.15, 0.2) is 11.5 Å². The van der Waals surface area contributed by atoms with Crippen molar-refractivity contribution in [2.75, 3.05) is 17.2 Å². The number of carbonyl (C=O) groups excluding carboxylic acids is 1. The average molecular weight is 356 g/mol. The average Bonchev–Trinajstić information content (AvgIpc) is 2.70. The van der Waals surface area contributed by atoms with E-state index in [1.807, 2.05) is 54.6 Å². The molecule has 1 heterocycles. The lowest BCUT2D eigenvalue weighted by Crippen LogP contribution is -2.38. The van der Waals surface area contributed by atoms with Gasteiger partial charge in [0.05, 0.1) is 5.69 Å². The summed E-state index contributed by atoms with van der Waals surface area (Å²) in [6.45, 7) is 0.550. The van der Waals surface area contributed by atoms with Crippen LogP contribution in [0.1, 0.15) is 11.1 Å². The number of nitrogens with zero attached hydrogens (tertiary/aromatic N) is 1. The van der Waals surface area contributed by atoms with Crippen LogP contribution in [0, 0.1) is 0 Å². The number of ether oxygens (including phenoxy) is 1. The lowest BCUT2D eigenvalue weighted by atomic mass is 10.1. The summed E-state index contributed by atoms with van der Waals surface area (Å²) in [5.74, 6) is 0.790. The van der Waals surface area contributed by atoms with Gasteiger partial charge in [0, 0.05) is 12.2 Å². The Hall–Kier alpha value is -3.53. The number of carbonyl (C=O) groups is 1. The number of nitrogen functional groups attached to an aromatic ring is 1. The zero-order valence-electron chi connectivity index (χ0n) is 14.8. The summed E-state index contributed by atoms with van der Waals surface area (Å²) in [4.78, 5) is 14.9. The number of fused-ring (bicyclic) bond motifs is 1. The van der Waals surface area contributed by atoms with E-state index in [2.05, 4.69) is 12.1 Å². The Labute approximate surface area is 158 Å². The Balaban J connectivity index is 1.68. The maximum atomic E-state index is 13.1. The third-order valence-corrected chi connectivity index (χ3v) is 4.51. The standard InChI is InChI=1S/C23H20N2O2/c24-19-11-12-21-20(16-19)25(14-13-17-7-3-1-4-8-17)23(26)22(27-21)15-18-9-5-2-6-10-18/h1-12,15-16H,13-14,24H2/b22-15+. The third kappa shape index (κ3) is 3.70. The smallest absolute Gasteiger partial charge is 0.294 e. The lowest BCUT2D eigenvalue weighted by molar-refractivity contribution is -0.117. The van der Waals surface area contributed by atoms with Gasteiger partial charge >= 0.3 is 0 Å². The summed E-state index contributed by atoms with van der Waals surface area (Å²) < 4.78 is 5.90. The lowest BCUT2D eigenvalue weighted by Gasteiger charge is -2.31. The first-order valence-electron chi connectivity index (χ1n) is 8.90. The van der Waals surface area contributed by atoms with Crippen molar-refractivity contribution < 1.29 is 9.53 Å². The van der Waals surface area contributed by atoms with E-state index < -0.39 is 0 Å². The molecule has 1 aliphatic heterocycles. The van der Waals surface area contributed by atoms with E-state index in [-0.39, 0.29) is 5.91 Å². The Morgan fingerprint density at radius 1 is 0.926 bits per heavy atom. The van der Waals surface area contributed by atoms with E-state index in [0.717, 1.165) is 12.0 Å². The van der Waals surface area contributed by atoms with Crippen LogP contribution in [0.2, 0.25) is 0 Å². The molecule has 3 aromatic carbocycles. The van der Waals surface area contributed by atoms with Crippen molar-refractivity contribution >= 4 is 23.4 Å². The maximum Gasteiger partial charge on any atom is 0.294 e. The minimum Gasteiger partial charge on any atom is -0.449 e. The molecule has 0 bridgehead atoms. The van der Waals surface area contributed by atoms with Gasteiger partial charge in [0.2, 0.25) is 0 Å². The van der Waals surface area contributed by atoms with Crippen LogP contribution in [-0.4, -0.2) is 12.5 Å². The van der Waals surface area contributed by atoms with Crippen LogP contribution < -0.4 is 15.4 Å². The number of benzene rings is 3. The second kappa shape index (κ2) is 7.38. The predicted octanol–water partition coefficient (Wildman–Crippen LogP) is 4.28. The van der Waals surface area contributed by atoms with Gasteiger partial charge in [-0.25, -0.2) is 0 Å². The zero-order valence-corrected chi connectivity index (χ0v) is 14.8. The van der Waals surface area contributed by atoms with E-state index in [4.69, 9.17) is 10.5 Å². The fourth-order valence-corrected chi connectivity index (χ4v) is 3.14. The second-order valence-electron chi connectivity index (χ2n) is 6.44. The molecular weight excluding hydrogens is 336 g/mol. The van der Waals surface area contributed by atoms with Gasteiger partial charge in [-0.2, -0.15) is 0 Å². The van der Waals surface area contributed by atoms with Crippen molar-refractivity contribution in [2.24, 2.45) is 0 Å². The molecule has 0 fully saturated rings. The van der Waals surface area contributed by atoms with Crippen molar-refractivity contribution in [3.05, 3.63) is 95.7 Å². The van der Waals surface area contributed by atoms with E-state index in [1.54, 1.807) is 23.1 Å². The summed E-state index contributed by atoms with van der Waals surface area (Å²) in [5.41, 5.74) is 9.35. The van der Waals surface area contributed by atoms with Gasteiger partial charge in [0.1, 0.15) is 0 Å². The monoisotopic (exact) mass is 356 g/mol. The molecule has 1 aliphatic rings. The highest BCUT2D eigenvalue weighted by molar-refractivity contribution is 6.10. The quantitative estimate of drug-likeness (QED) is 0.561. The predicted molar refractivity (Wildman–Crippen MR) is 108 cm³/mol. The molecule has 0 saturated heterocycles. The fraction of sp³-hybridized carbons (Fsp3) is 0.0870. The summed E-state index contributed by atoms with van der Waals surface area (Å²) in [7, 11) is 0. The summed E-state index contributed by atoms with van der Waals surface area (Å²) >= 11 is 0. The Morgan fingerprint density at radius 2 is 1.63 bits per heavy atom. The third-order valence-electron chi connectivity index (χ3n) is 4.51. The molecule has 0 aliphatic carbocycles. The molecule has 1 amide bonds. The summed E-state index contributed by atoms with van der Waals surface area (Å²) in [5, 5.41) is 0. The Kier molecular flexibility index (Phi) is 4.62. The van der Waals surface area contributed by atoms with E-state index in [9.17, 15) is 4.79 Å². The number of amides is 1. The van der Waals surface area contributed by atoms with Crippen molar-refractivity contribution in [2.45, 2.75) is 6.42 Å². The largest absolute Gasteiger partial charge is 0.449 e. The van der Waals surface area contributed by atoms with Crippen LogP contribution in [0.5, 0.6) is 5.75 Å². The van der Waals surface area contributed by atoms with E-state index in [0.29, 0.717) is 29.4 Å². The van der Waals surface area contributed by atoms with Crippen molar-refractivity contribution in [1.29, 1.82) is 0 Å². The zero-order chi connectivity index (χ0) is 18.6. The number of nitrogens with two attached hydrogens (primary N) is 1. The van der Waals surface area contributed by atoms with Crippen LogP contribution in [-0.2, 0) is 11.2 Å². The fourth-order valence-electron chi connectivity index (χ4n) is 3.14. The molecule has 0 saturated carbocycles. The number of hydrogen-bond acceptors (Lipinski definition) is 3. The molecule has 0 radical (unpaired) electrons. The molecule has 27 heavy (non-hydrogen) atoms. The molecule has 0 unspecified atom stereocenters. The highest BCUT2D eigenvalue weighted by atomic mass is 16.5. The molecule has 0 spiro atoms. The van der Waals surface area contributed by atoms with Gasteiger partial charge in [-0.3, -0.25) is 4.79 Å². The number of anilines is 2. The topological polar surface area (TPSA) is 55.6 Å². The first-order valence-corrected chi connectivity index (χ1v) is 8.90. The van der Waals surface area contributed by atoms with Crippen LogP contribution >= 0.6 is 0 Å². The van der Waals surface area contributed by atoms with E-state index >= 15 is 0 Å². The van der Waals surface area contributed by atoms with E-state index in [1.165, 1.54) is 5.56 Å². The van der Waals surface area contributed by atoms with Gasteiger partial charge in [-0.1, -0.05) is 60.7 Å². The molecule has 2 N–H and O–H groups in total. The molecule has 4 nitrogen and oxygen atoms in total.